The summed E-state index contributed by atoms with van der Waals surface area (Å²) in [7, 11) is 0. The van der Waals surface area contributed by atoms with Crippen molar-refractivity contribution in [3.05, 3.63) is 130 Å². The van der Waals surface area contributed by atoms with Gasteiger partial charge >= 0.3 is 0 Å². The van der Waals surface area contributed by atoms with E-state index >= 15 is 0 Å². The molecule has 2 rings (SSSR count). The van der Waals surface area contributed by atoms with Crippen molar-refractivity contribution >= 4 is 0 Å². The van der Waals surface area contributed by atoms with E-state index in [2.05, 4.69) is 161 Å². The lowest BCUT2D eigenvalue weighted by atomic mass is 9.69. The van der Waals surface area contributed by atoms with Crippen LogP contribution in [0.5, 0.6) is 0 Å². The normalized spacial score (nSPS) is 23.5. The quantitative estimate of drug-likeness (QED) is 0.237. The zero-order valence-corrected chi connectivity index (χ0v) is 28.2. The summed E-state index contributed by atoms with van der Waals surface area (Å²) in [5.41, 5.74) is 11.7. The van der Waals surface area contributed by atoms with E-state index in [9.17, 15) is 0 Å². The van der Waals surface area contributed by atoms with E-state index in [1.54, 1.807) is 11.1 Å². The number of allylic oxidation sites excluding steroid dienone is 22. The Morgan fingerprint density at radius 3 is 1.51 bits per heavy atom. The van der Waals surface area contributed by atoms with Gasteiger partial charge in [-0.2, -0.15) is 0 Å². The summed E-state index contributed by atoms with van der Waals surface area (Å²) >= 11 is 0. The lowest BCUT2D eigenvalue weighted by molar-refractivity contribution is 0.307. The van der Waals surface area contributed by atoms with Crippen LogP contribution in [0.1, 0.15) is 108 Å². The minimum atomic E-state index is 0.263. The van der Waals surface area contributed by atoms with Crippen LogP contribution in [0.25, 0.3) is 0 Å². The summed E-state index contributed by atoms with van der Waals surface area (Å²) in [6, 6.07) is 0. The van der Waals surface area contributed by atoms with Crippen molar-refractivity contribution in [2.75, 3.05) is 0 Å². The highest BCUT2D eigenvalue weighted by Gasteiger charge is 2.30. The van der Waals surface area contributed by atoms with E-state index in [4.69, 9.17) is 0 Å². The fraction of sp³-hybridized carbons (Fsp3) is 0.463. The molecule has 41 heavy (non-hydrogen) atoms. The van der Waals surface area contributed by atoms with Crippen LogP contribution in [0, 0.1) is 16.7 Å². The molecule has 222 valence electrons. The Kier molecular flexibility index (Phi) is 13.4. The maximum Gasteiger partial charge on any atom is -0.0101 e. The van der Waals surface area contributed by atoms with Gasteiger partial charge in [0.25, 0.3) is 0 Å². The summed E-state index contributed by atoms with van der Waals surface area (Å²) < 4.78 is 0. The van der Waals surface area contributed by atoms with Crippen molar-refractivity contribution < 1.29 is 0 Å². The molecule has 0 aromatic carbocycles. The topological polar surface area (TPSA) is 0 Å². The van der Waals surface area contributed by atoms with Crippen LogP contribution in [-0.4, -0.2) is 0 Å². The third-order valence-electron chi connectivity index (χ3n) is 8.54. The molecular weight excluding hydrogens is 492 g/mol. The monoisotopic (exact) mass is 550 g/mol. The second-order valence-electron chi connectivity index (χ2n) is 13.9. The summed E-state index contributed by atoms with van der Waals surface area (Å²) in [5.74, 6) is 0.780. The standard InChI is InChI=1S/C41H58/c1-31(19-14-21-33(3)24-26-38-36(6)23-16-28-40(38,8)9)17-12-13-18-32(2)20-15-22-34(4)25-27-39-37(7)29-35(5)30-41(39,10)11/h12-15,17-22,24-27,35H,16,23,28-30H2,1-11H3/b13-12+,19-14+,20-15+,26-24+,27-25+,31-17+,32-18+,33-21+,34-22+. The lowest BCUT2D eigenvalue weighted by Crippen LogP contribution is -2.23. The van der Waals surface area contributed by atoms with Gasteiger partial charge < -0.3 is 0 Å². The van der Waals surface area contributed by atoms with Crippen LogP contribution in [0.3, 0.4) is 0 Å². The Morgan fingerprint density at radius 1 is 0.610 bits per heavy atom. The van der Waals surface area contributed by atoms with E-state index in [1.165, 1.54) is 65.5 Å². The first-order valence-corrected chi connectivity index (χ1v) is 15.7. The van der Waals surface area contributed by atoms with Gasteiger partial charge in [0, 0.05) is 0 Å². The van der Waals surface area contributed by atoms with Crippen molar-refractivity contribution in [2.45, 2.75) is 108 Å². The van der Waals surface area contributed by atoms with E-state index in [0.717, 1.165) is 5.92 Å². The van der Waals surface area contributed by atoms with Gasteiger partial charge in [0.15, 0.2) is 0 Å². The highest BCUT2D eigenvalue weighted by Crippen LogP contribution is 2.43. The number of rotatable bonds is 10. The maximum atomic E-state index is 2.38. The van der Waals surface area contributed by atoms with Gasteiger partial charge in [-0.05, 0) is 102 Å². The SMILES string of the molecule is CC1=C(/C=C/C(C)=C/C=C/C(C)=C/C=C/C=C(C)/C=C/C=C(C)/C=C/C2=C(C)CC(C)CC2(C)C)C(C)(C)CCC1. The summed E-state index contributed by atoms with van der Waals surface area (Å²) in [5, 5.41) is 0. The molecule has 2 aliphatic rings. The molecule has 0 nitrogen and oxygen atoms in total. The second kappa shape index (κ2) is 16.0. The highest BCUT2D eigenvalue weighted by atomic mass is 14.3. The minimum Gasteiger partial charge on any atom is -0.0696 e. The molecule has 0 heterocycles. The summed E-state index contributed by atoms with van der Waals surface area (Å²) in [6.45, 7) is 25.1. The molecule has 1 unspecified atom stereocenters. The van der Waals surface area contributed by atoms with Gasteiger partial charge in [-0.15, -0.1) is 0 Å². The van der Waals surface area contributed by atoms with E-state index in [-0.39, 0.29) is 5.41 Å². The lowest BCUT2D eigenvalue weighted by Gasteiger charge is -2.36. The fourth-order valence-corrected chi connectivity index (χ4v) is 6.41. The Morgan fingerprint density at radius 2 is 1.05 bits per heavy atom. The van der Waals surface area contributed by atoms with Gasteiger partial charge in [-0.1, -0.05) is 153 Å². The zero-order chi connectivity index (χ0) is 30.6. The van der Waals surface area contributed by atoms with Crippen LogP contribution in [0.4, 0.5) is 0 Å². The first kappa shape index (κ1) is 34.3. The first-order chi connectivity index (χ1) is 19.2. The van der Waals surface area contributed by atoms with Crippen LogP contribution < -0.4 is 0 Å². The van der Waals surface area contributed by atoms with Crippen LogP contribution >= 0.6 is 0 Å². The van der Waals surface area contributed by atoms with Gasteiger partial charge in [0.05, 0.1) is 0 Å². The maximum absolute atomic E-state index is 2.38. The van der Waals surface area contributed by atoms with Crippen LogP contribution in [-0.2, 0) is 0 Å². The summed E-state index contributed by atoms with van der Waals surface area (Å²) in [4.78, 5) is 0. The average Bonchev–Trinajstić information content (AvgIpc) is 2.84. The van der Waals surface area contributed by atoms with Gasteiger partial charge in [0.2, 0.25) is 0 Å². The van der Waals surface area contributed by atoms with E-state index in [1.807, 2.05) is 0 Å². The largest absolute Gasteiger partial charge is 0.0696 e. The molecule has 0 N–H and O–H groups in total. The molecule has 2 aliphatic carbocycles. The molecule has 0 fully saturated rings. The molecule has 0 radical (unpaired) electrons. The van der Waals surface area contributed by atoms with Crippen molar-refractivity contribution in [1.82, 2.24) is 0 Å². The molecule has 0 aromatic heterocycles. The zero-order valence-electron chi connectivity index (χ0n) is 28.2. The Bertz CT molecular complexity index is 1240. The predicted octanol–water partition coefficient (Wildman–Crippen LogP) is 12.9. The van der Waals surface area contributed by atoms with E-state index < -0.39 is 0 Å². The highest BCUT2D eigenvalue weighted by molar-refractivity contribution is 5.39. The first-order valence-electron chi connectivity index (χ1n) is 15.7. The number of hydrogen-bond donors (Lipinski definition) is 0. The summed E-state index contributed by atoms with van der Waals surface area (Å²) in [6.07, 6.45) is 37.1. The van der Waals surface area contributed by atoms with E-state index in [0.29, 0.717) is 5.41 Å². The molecular formula is C41H58. The third kappa shape index (κ3) is 11.9. The fourth-order valence-electron chi connectivity index (χ4n) is 6.41. The molecule has 0 aromatic rings. The third-order valence-corrected chi connectivity index (χ3v) is 8.54. The molecule has 0 bridgehead atoms. The van der Waals surface area contributed by atoms with Gasteiger partial charge in [0.1, 0.15) is 0 Å². The molecule has 0 saturated carbocycles. The van der Waals surface area contributed by atoms with Gasteiger partial charge in [-0.25, -0.2) is 0 Å². The van der Waals surface area contributed by atoms with Gasteiger partial charge in [-0.3, -0.25) is 0 Å². The molecule has 0 heteroatoms. The molecule has 0 spiro atoms. The van der Waals surface area contributed by atoms with Crippen molar-refractivity contribution in [3.63, 3.8) is 0 Å². The smallest absolute Gasteiger partial charge is 0.0101 e. The molecule has 0 saturated heterocycles. The van der Waals surface area contributed by atoms with Crippen LogP contribution in [0.15, 0.2) is 130 Å². The van der Waals surface area contributed by atoms with Crippen molar-refractivity contribution in [1.29, 1.82) is 0 Å². The Hall–Kier alpha value is -2.86. The average molecular weight is 551 g/mol. The van der Waals surface area contributed by atoms with Crippen molar-refractivity contribution in [3.8, 4) is 0 Å². The second-order valence-corrected chi connectivity index (χ2v) is 13.9. The van der Waals surface area contributed by atoms with Crippen molar-refractivity contribution in [2.24, 2.45) is 16.7 Å². The number of hydrogen-bond acceptors (Lipinski definition) is 0. The Labute approximate surface area is 254 Å². The molecule has 0 aliphatic heterocycles. The van der Waals surface area contributed by atoms with Crippen LogP contribution in [0.2, 0.25) is 0 Å². The molecule has 0 amide bonds. The minimum absolute atomic E-state index is 0.263. The predicted molar refractivity (Wildman–Crippen MR) is 186 cm³/mol. The molecule has 1 atom stereocenters. The Balaban J connectivity index is 1.90.